The van der Waals surface area contributed by atoms with Crippen molar-refractivity contribution in [2.24, 2.45) is 0 Å². The van der Waals surface area contributed by atoms with E-state index in [9.17, 15) is 14.5 Å². The minimum Gasteiger partial charge on any atom is -0.263 e. The molecular formula is C8H8FNO2. The maximum Gasteiger partial charge on any atom is 0.256 e. The van der Waals surface area contributed by atoms with Crippen molar-refractivity contribution < 1.29 is 9.31 Å². The van der Waals surface area contributed by atoms with Crippen LogP contribution < -0.4 is 0 Å². The van der Waals surface area contributed by atoms with E-state index >= 15 is 0 Å². The zero-order chi connectivity index (χ0) is 9.19. The lowest BCUT2D eigenvalue weighted by Gasteiger charge is -2.09. The third-order valence-corrected chi connectivity index (χ3v) is 1.66. The zero-order valence-electron chi connectivity index (χ0n) is 6.53. The van der Waals surface area contributed by atoms with Crippen LogP contribution in [0.25, 0.3) is 0 Å². The number of nitro groups is 1. The number of rotatable bonds is 1. The molecule has 0 aromatic carbocycles. The minimum absolute atomic E-state index is 0.466. The Balaban J connectivity index is 3.00. The Morgan fingerprint density at radius 3 is 2.83 bits per heavy atom. The van der Waals surface area contributed by atoms with Crippen molar-refractivity contribution >= 4 is 0 Å². The molecule has 0 bridgehead atoms. The fraction of sp³-hybridized carbons (Fsp3) is 0.250. The van der Waals surface area contributed by atoms with Crippen molar-refractivity contribution in [2.75, 3.05) is 0 Å². The van der Waals surface area contributed by atoms with Gasteiger partial charge in [-0.2, -0.15) is 0 Å². The Morgan fingerprint density at radius 1 is 1.58 bits per heavy atom. The molecule has 0 amide bonds. The first-order chi connectivity index (χ1) is 5.54. The van der Waals surface area contributed by atoms with E-state index in [2.05, 4.69) is 0 Å². The first-order valence-electron chi connectivity index (χ1n) is 3.43. The van der Waals surface area contributed by atoms with Crippen LogP contribution in [-0.4, -0.2) is 10.5 Å². The second-order valence-electron chi connectivity index (χ2n) is 2.73. The van der Waals surface area contributed by atoms with Crippen molar-refractivity contribution in [3.05, 3.63) is 46.3 Å². The standard InChI is InChI=1S/C8H8FNO2/c1-8(10(11)12)5-2-3-7(9)4-6-8/h2-6H,1H3. The SMILES string of the molecule is CC1([N+](=O)[O-])C=CC=C(F)C=C1. The number of hydrogen-bond acceptors (Lipinski definition) is 2. The van der Waals surface area contributed by atoms with Crippen LogP contribution in [0.15, 0.2) is 36.2 Å². The van der Waals surface area contributed by atoms with Gasteiger partial charge in [0.2, 0.25) is 0 Å². The molecule has 12 heavy (non-hydrogen) atoms. The number of halogens is 1. The lowest BCUT2D eigenvalue weighted by Crippen LogP contribution is -2.29. The molecule has 0 spiro atoms. The molecule has 1 unspecified atom stereocenters. The average Bonchev–Trinajstić information content (AvgIpc) is 2.15. The second-order valence-corrected chi connectivity index (χ2v) is 2.73. The smallest absolute Gasteiger partial charge is 0.256 e. The molecule has 0 radical (unpaired) electrons. The van der Waals surface area contributed by atoms with Crippen LogP contribution in [0.3, 0.4) is 0 Å². The molecule has 0 saturated heterocycles. The summed E-state index contributed by atoms with van der Waals surface area (Å²) in [5.74, 6) is -0.475. The highest BCUT2D eigenvalue weighted by molar-refractivity contribution is 5.28. The molecule has 0 N–H and O–H groups in total. The van der Waals surface area contributed by atoms with E-state index in [1.165, 1.54) is 31.2 Å². The van der Waals surface area contributed by atoms with Crippen molar-refractivity contribution in [3.8, 4) is 0 Å². The summed E-state index contributed by atoms with van der Waals surface area (Å²) >= 11 is 0. The molecule has 1 aliphatic rings. The van der Waals surface area contributed by atoms with E-state index in [4.69, 9.17) is 0 Å². The predicted octanol–water partition coefficient (Wildman–Crippen LogP) is 2.00. The Kier molecular flexibility index (Phi) is 2.08. The van der Waals surface area contributed by atoms with E-state index in [1.807, 2.05) is 0 Å². The molecule has 1 rings (SSSR count). The lowest BCUT2D eigenvalue weighted by atomic mass is 10.0. The molecule has 0 saturated carbocycles. The molecule has 1 atom stereocenters. The van der Waals surface area contributed by atoms with Crippen LogP contribution in [0.2, 0.25) is 0 Å². The van der Waals surface area contributed by atoms with Gasteiger partial charge in [0.15, 0.2) is 0 Å². The average molecular weight is 169 g/mol. The number of hydrogen-bond donors (Lipinski definition) is 0. The molecular weight excluding hydrogens is 161 g/mol. The van der Waals surface area contributed by atoms with E-state index in [0.717, 1.165) is 6.08 Å². The predicted molar refractivity (Wildman–Crippen MR) is 42.9 cm³/mol. The Morgan fingerprint density at radius 2 is 2.25 bits per heavy atom. The summed E-state index contributed by atoms with van der Waals surface area (Å²) in [6.07, 6.45) is 6.20. The maximum atomic E-state index is 12.6. The van der Waals surface area contributed by atoms with Gasteiger partial charge in [0.1, 0.15) is 5.83 Å². The highest BCUT2D eigenvalue weighted by atomic mass is 19.1. The summed E-state index contributed by atoms with van der Waals surface area (Å²) in [5, 5.41) is 10.5. The largest absolute Gasteiger partial charge is 0.263 e. The van der Waals surface area contributed by atoms with Gasteiger partial charge >= 0.3 is 0 Å². The van der Waals surface area contributed by atoms with Crippen molar-refractivity contribution in [1.82, 2.24) is 0 Å². The Hall–Kier alpha value is -1.45. The molecule has 0 aromatic heterocycles. The van der Waals surface area contributed by atoms with Gasteiger partial charge in [-0.1, -0.05) is 6.08 Å². The fourth-order valence-electron chi connectivity index (χ4n) is 0.816. The monoisotopic (exact) mass is 169 g/mol. The quantitative estimate of drug-likeness (QED) is 0.445. The van der Waals surface area contributed by atoms with E-state index in [-0.39, 0.29) is 0 Å². The van der Waals surface area contributed by atoms with E-state index in [0.29, 0.717) is 0 Å². The fourth-order valence-corrected chi connectivity index (χ4v) is 0.816. The summed E-state index contributed by atoms with van der Waals surface area (Å²) in [7, 11) is 0. The minimum atomic E-state index is -1.29. The Labute approximate surface area is 69.0 Å². The molecule has 0 heterocycles. The lowest BCUT2D eigenvalue weighted by molar-refractivity contribution is -0.535. The molecule has 1 aliphatic carbocycles. The summed E-state index contributed by atoms with van der Waals surface area (Å²) in [5.41, 5.74) is -1.29. The normalized spacial score (nSPS) is 28.0. The first-order valence-corrected chi connectivity index (χ1v) is 3.43. The number of nitrogens with zero attached hydrogens (tertiary/aromatic N) is 1. The summed E-state index contributed by atoms with van der Waals surface area (Å²) in [6, 6.07) is 0. The van der Waals surface area contributed by atoms with Crippen LogP contribution in [0.5, 0.6) is 0 Å². The van der Waals surface area contributed by atoms with Gasteiger partial charge in [-0.25, -0.2) is 4.39 Å². The van der Waals surface area contributed by atoms with E-state index in [1.54, 1.807) is 0 Å². The first kappa shape index (κ1) is 8.64. The van der Waals surface area contributed by atoms with Crippen LogP contribution >= 0.6 is 0 Å². The third-order valence-electron chi connectivity index (χ3n) is 1.66. The van der Waals surface area contributed by atoms with Crippen LogP contribution in [-0.2, 0) is 0 Å². The maximum absolute atomic E-state index is 12.6. The summed E-state index contributed by atoms with van der Waals surface area (Å²) in [4.78, 5) is 10.0. The summed E-state index contributed by atoms with van der Waals surface area (Å²) in [6.45, 7) is 1.41. The van der Waals surface area contributed by atoms with Gasteiger partial charge < -0.3 is 0 Å². The van der Waals surface area contributed by atoms with Gasteiger partial charge in [0, 0.05) is 11.8 Å². The second kappa shape index (κ2) is 2.89. The van der Waals surface area contributed by atoms with E-state index < -0.39 is 16.3 Å². The topological polar surface area (TPSA) is 43.1 Å². The van der Waals surface area contributed by atoms with Gasteiger partial charge in [0.05, 0.1) is 0 Å². The summed E-state index contributed by atoms with van der Waals surface area (Å²) < 4.78 is 12.6. The van der Waals surface area contributed by atoms with Gasteiger partial charge in [0.25, 0.3) is 5.54 Å². The van der Waals surface area contributed by atoms with Crippen molar-refractivity contribution in [2.45, 2.75) is 12.5 Å². The molecule has 0 aliphatic heterocycles. The molecule has 3 nitrogen and oxygen atoms in total. The molecule has 64 valence electrons. The zero-order valence-corrected chi connectivity index (χ0v) is 6.53. The molecule has 0 aromatic rings. The van der Waals surface area contributed by atoms with Crippen LogP contribution in [0.1, 0.15) is 6.92 Å². The molecule has 0 fully saturated rings. The highest BCUT2D eigenvalue weighted by Gasteiger charge is 2.30. The number of allylic oxidation sites excluding steroid dienone is 4. The van der Waals surface area contributed by atoms with Crippen molar-refractivity contribution in [1.29, 1.82) is 0 Å². The van der Waals surface area contributed by atoms with Gasteiger partial charge in [-0.15, -0.1) is 0 Å². The third kappa shape index (κ3) is 1.58. The highest BCUT2D eigenvalue weighted by Crippen LogP contribution is 2.18. The van der Waals surface area contributed by atoms with Gasteiger partial charge in [-0.05, 0) is 24.3 Å². The van der Waals surface area contributed by atoms with Crippen LogP contribution in [0, 0.1) is 10.1 Å². The Bertz CT molecular complexity index is 293. The van der Waals surface area contributed by atoms with Gasteiger partial charge in [-0.3, -0.25) is 10.1 Å². The van der Waals surface area contributed by atoms with Crippen molar-refractivity contribution in [3.63, 3.8) is 0 Å². The van der Waals surface area contributed by atoms with Crippen LogP contribution in [0.4, 0.5) is 4.39 Å². The molecule has 4 heteroatoms.